The maximum atomic E-state index is 12.8. The average molecular weight is 348 g/mol. The van der Waals surface area contributed by atoms with Crippen molar-refractivity contribution in [2.75, 3.05) is 19.8 Å². The van der Waals surface area contributed by atoms with Crippen molar-refractivity contribution in [3.63, 3.8) is 0 Å². The number of hydrogen-bond acceptors (Lipinski definition) is 5. The maximum absolute atomic E-state index is 12.8. The van der Waals surface area contributed by atoms with Crippen LogP contribution in [0, 0.1) is 5.41 Å². The van der Waals surface area contributed by atoms with Crippen molar-refractivity contribution >= 4 is 5.91 Å². The largest absolute Gasteiger partial charge is 0.486 e. The van der Waals surface area contributed by atoms with Crippen LogP contribution >= 0.6 is 0 Å². The van der Waals surface area contributed by atoms with Gasteiger partial charge in [-0.2, -0.15) is 0 Å². The van der Waals surface area contributed by atoms with Gasteiger partial charge in [0.25, 0.3) is 0 Å². The van der Waals surface area contributed by atoms with E-state index < -0.39 is 11.0 Å². The minimum absolute atomic E-state index is 0.0119. The number of nitrogens with two attached hydrogens (primary N) is 1. The number of nitrogens with one attached hydrogen (secondary N) is 1. The highest BCUT2D eigenvalue weighted by atomic mass is 16.6. The third-order valence-electron chi connectivity index (χ3n) is 5.65. The van der Waals surface area contributed by atoms with E-state index in [1.807, 2.05) is 45.9 Å². The molecule has 1 aromatic carbocycles. The number of benzene rings is 1. The third-order valence-corrected chi connectivity index (χ3v) is 5.65. The van der Waals surface area contributed by atoms with Crippen molar-refractivity contribution in [2.45, 2.75) is 51.8 Å². The Balaban J connectivity index is 1.69. The molecule has 6 heteroatoms. The molecule has 1 amide bonds. The van der Waals surface area contributed by atoms with E-state index in [-0.39, 0.29) is 18.1 Å². The van der Waals surface area contributed by atoms with E-state index in [0.717, 1.165) is 11.3 Å². The number of carbonyl (C=O) groups excluding carboxylic acids is 1. The van der Waals surface area contributed by atoms with Crippen molar-refractivity contribution in [2.24, 2.45) is 11.1 Å². The molecule has 6 nitrogen and oxygen atoms in total. The van der Waals surface area contributed by atoms with Gasteiger partial charge in [-0.3, -0.25) is 4.79 Å². The fraction of sp³-hybridized carbons (Fsp3) is 0.632. The quantitative estimate of drug-likeness (QED) is 0.852. The number of carbonyl (C=O) groups is 1. The van der Waals surface area contributed by atoms with E-state index >= 15 is 0 Å². The molecular formula is C19H28N2O4. The van der Waals surface area contributed by atoms with Gasteiger partial charge in [0.05, 0.1) is 12.1 Å². The first-order valence-corrected chi connectivity index (χ1v) is 8.90. The second-order valence-electron chi connectivity index (χ2n) is 7.44. The molecule has 3 N–H and O–H groups in total. The van der Waals surface area contributed by atoms with Crippen LogP contribution in [0.3, 0.4) is 0 Å². The normalized spacial score (nSPS) is 28.0. The summed E-state index contributed by atoms with van der Waals surface area (Å²) in [6.07, 6.45) is 0.547. The lowest BCUT2D eigenvalue weighted by atomic mass is 9.54. The monoisotopic (exact) mass is 348 g/mol. The second kappa shape index (κ2) is 6.50. The standard InChI is InChI=1S/C19H28N2O4/c1-5-23-16-11-19(20,18(16,3)4)17(22)21-12(2)13-6-7-14-15(10-13)25-9-8-24-14/h6-7,10,12,16H,5,8-9,11,20H2,1-4H3,(H,21,22). The van der Waals surface area contributed by atoms with Gasteiger partial charge in [-0.15, -0.1) is 0 Å². The van der Waals surface area contributed by atoms with E-state index in [1.54, 1.807) is 0 Å². The van der Waals surface area contributed by atoms with Gasteiger partial charge in [0.2, 0.25) is 5.91 Å². The lowest BCUT2D eigenvalue weighted by Crippen LogP contribution is -2.75. The predicted octanol–water partition coefficient (Wildman–Crippen LogP) is 2.17. The van der Waals surface area contributed by atoms with Crippen LogP contribution in [0.5, 0.6) is 11.5 Å². The number of hydrogen-bond donors (Lipinski definition) is 2. The predicted molar refractivity (Wildman–Crippen MR) is 94.7 cm³/mol. The zero-order valence-corrected chi connectivity index (χ0v) is 15.4. The smallest absolute Gasteiger partial charge is 0.241 e. The molecule has 1 aromatic rings. The molecule has 3 unspecified atom stereocenters. The van der Waals surface area contributed by atoms with Crippen molar-refractivity contribution in [3.05, 3.63) is 23.8 Å². The minimum Gasteiger partial charge on any atom is -0.486 e. The van der Waals surface area contributed by atoms with E-state index in [4.69, 9.17) is 19.9 Å². The van der Waals surface area contributed by atoms with Crippen LogP contribution in [-0.4, -0.2) is 37.4 Å². The van der Waals surface area contributed by atoms with Crippen LogP contribution in [0.15, 0.2) is 18.2 Å². The number of ether oxygens (including phenoxy) is 3. The van der Waals surface area contributed by atoms with Crippen molar-refractivity contribution in [1.82, 2.24) is 5.32 Å². The first-order valence-electron chi connectivity index (χ1n) is 8.90. The molecule has 138 valence electrons. The highest BCUT2D eigenvalue weighted by Gasteiger charge is 2.62. The van der Waals surface area contributed by atoms with Gasteiger partial charge in [0.15, 0.2) is 11.5 Å². The number of amides is 1. The molecule has 0 saturated heterocycles. The highest BCUT2D eigenvalue weighted by molar-refractivity contribution is 5.89. The summed E-state index contributed by atoms with van der Waals surface area (Å²) < 4.78 is 16.8. The zero-order chi connectivity index (χ0) is 18.2. The molecule has 1 aliphatic carbocycles. The molecule has 3 atom stereocenters. The van der Waals surface area contributed by atoms with E-state index in [9.17, 15) is 4.79 Å². The summed E-state index contributed by atoms with van der Waals surface area (Å²) in [4.78, 5) is 12.8. The molecular weight excluding hydrogens is 320 g/mol. The van der Waals surface area contributed by atoms with Crippen molar-refractivity contribution in [3.8, 4) is 11.5 Å². The Hall–Kier alpha value is -1.79. The van der Waals surface area contributed by atoms with Crippen LogP contribution in [-0.2, 0) is 9.53 Å². The molecule has 3 rings (SSSR count). The molecule has 1 heterocycles. The molecule has 0 aromatic heterocycles. The van der Waals surface area contributed by atoms with Gasteiger partial charge in [-0.05, 0) is 31.5 Å². The number of rotatable bonds is 5. The third kappa shape index (κ3) is 2.98. The van der Waals surface area contributed by atoms with Gasteiger partial charge in [-0.25, -0.2) is 0 Å². The Morgan fingerprint density at radius 2 is 2.04 bits per heavy atom. The lowest BCUT2D eigenvalue weighted by molar-refractivity contribution is -0.171. The van der Waals surface area contributed by atoms with Crippen LogP contribution < -0.4 is 20.5 Å². The summed E-state index contributed by atoms with van der Waals surface area (Å²) in [7, 11) is 0. The molecule has 1 saturated carbocycles. The Kier molecular flexibility index (Phi) is 4.68. The van der Waals surface area contributed by atoms with E-state index in [1.165, 1.54) is 0 Å². The second-order valence-corrected chi connectivity index (χ2v) is 7.44. The molecule has 25 heavy (non-hydrogen) atoms. The minimum atomic E-state index is -0.922. The van der Waals surface area contributed by atoms with Crippen molar-refractivity contribution in [1.29, 1.82) is 0 Å². The molecule has 2 aliphatic rings. The summed E-state index contributed by atoms with van der Waals surface area (Å²) in [5.74, 6) is 1.31. The van der Waals surface area contributed by atoms with Gasteiger partial charge in [0, 0.05) is 18.4 Å². The lowest BCUT2D eigenvalue weighted by Gasteiger charge is -2.57. The average Bonchev–Trinajstić information content (AvgIpc) is 2.60. The van der Waals surface area contributed by atoms with Crippen LogP contribution in [0.1, 0.15) is 45.7 Å². The van der Waals surface area contributed by atoms with Crippen molar-refractivity contribution < 1.29 is 19.0 Å². The Bertz CT molecular complexity index is 661. The SMILES string of the molecule is CCOC1CC(N)(C(=O)NC(C)c2ccc3c(c2)OCCO3)C1(C)C. The summed E-state index contributed by atoms with van der Waals surface area (Å²) >= 11 is 0. The fourth-order valence-electron chi connectivity index (χ4n) is 3.56. The summed E-state index contributed by atoms with van der Waals surface area (Å²) in [6, 6.07) is 5.56. The van der Waals surface area contributed by atoms with Gasteiger partial charge < -0.3 is 25.3 Å². The summed E-state index contributed by atoms with van der Waals surface area (Å²) in [6.45, 7) is 9.60. The fourth-order valence-corrected chi connectivity index (χ4v) is 3.56. The number of fused-ring (bicyclic) bond motifs is 1. The molecule has 0 radical (unpaired) electrons. The topological polar surface area (TPSA) is 82.8 Å². The van der Waals surface area contributed by atoms with E-state index in [2.05, 4.69) is 5.32 Å². The summed E-state index contributed by atoms with van der Waals surface area (Å²) in [5, 5.41) is 3.05. The summed E-state index contributed by atoms with van der Waals surface area (Å²) in [5.41, 5.74) is 6.08. The zero-order valence-electron chi connectivity index (χ0n) is 15.4. The Morgan fingerprint density at radius 3 is 2.68 bits per heavy atom. The Morgan fingerprint density at radius 1 is 1.36 bits per heavy atom. The highest BCUT2D eigenvalue weighted by Crippen LogP contribution is 2.50. The van der Waals surface area contributed by atoms with E-state index in [0.29, 0.717) is 32.0 Å². The van der Waals surface area contributed by atoms with Gasteiger partial charge in [0.1, 0.15) is 18.8 Å². The van der Waals surface area contributed by atoms with Crippen LogP contribution in [0.25, 0.3) is 0 Å². The van der Waals surface area contributed by atoms with Gasteiger partial charge in [-0.1, -0.05) is 19.9 Å². The van der Waals surface area contributed by atoms with Gasteiger partial charge >= 0.3 is 0 Å². The maximum Gasteiger partial charge on any atom is 0.241 e. The molecule has 0 spiro atoms. The molecule has 0 bridgehead atoms. The van der Waals surface area contributed by atoms with Crippen LogP contribution in [0.4, 0.5) is 0 Å². The first kappa shape index (κ1) is 18.0. The van der Waals surface area contributed by atoms with Crippen LogP contribution in [0.2, 0.25) is 0 Å². The first-order chi connectivity index (χ1) is 11.8. The molecule has 1 fully saturated rings. The molecule has 1 aliphatic heterocycles. The Labute approximate surface area is 149 Å².